The molecule has 1 saturated heterocycles. The molecule has 1 aliphatic heterocycles. The van der Waals surface area contributed by atoms with Crippen molar-refractivity contribution in [1.29, 1.82) is 0 Å². The topological polar surface area (TPSA) is 33.2 Å². The molecule has 4 heteroatoms. The van der Waals surface area contributed by atoms with Gasteiger partial charge in [0.1, 0.15) is 0 Å². The van der Waals surface area contributed by atoms with Crippen LogP contribution in [0.5, 0.6) is 0 Å². The molecule has 1 aromatic heterocycles. The van der Waals surface area contributed by atoms with Crippen molar-refractivity contribution in [2.45, 2.75) is 19.9 Å². The van der Waals surface area contributed by atoms with Crippen LogP contribution >= 0.6 is 15.9 Å². The van der Waals surface area contributed by atoms with Crippen LogP contribution in [-0.2, 0) is 11.3 Å². The summed E-state index contributed by atoms with van der Waals surface area (Å²) in [5.41, 5.74) is 0.945. The second kappa shape index (κ2) is 4.31. The lowest BCUT2D eigenvalue weighted by Gasteiger charge is -2.15. The van der Waals surface area contributed by atoms with Crippen molar-refractivity contribution in [2.75, 3.05) is 6.54 Å². The van der Waals surface area contributed by atoms with Gasteiger partial charge in [-0.3, -0.25) is 9.78 Å². The molecule has 0 aliphatic carbocycles. The van der Waals surface area contributed by atoms with Crippen molar-refractivity contribution in [3.63, 3.8) is 0 Å². The monoisotopic (exact) mass is 268 g/mol. The Bertz CT molecular complexity index is 363. The van der Waals surface area contributed by atoms with Gasteiger partial charge in [-0.1, -0.05) is 6.92 Å². The first kappa shape index (κ1) is 10.6. The Hall–Kier alpha value is -0.900. The maximum Gasteiger partial charge on any atom is 0.223 e. The number of carbonyl (C=O) groups is 1. The summed E-state index contributed by atoms with van der Waals surface area (Å²) in [6.45, 7) is 3.60. The van der Waals surface area contributed by atoms with E-state index < -0.39 is 0 Å². The smallest absolute Gasteiger partial charge is 0.223 e. The van der Waals surface area contributed by atoms with Crippen molar-refractivity contribution in [1.82, 2.24) is 9.88 Å². The molecule has 0 bridgehead atoms. The Morgan fingerprint density at radius 2 is 2.40 bits per heavy atom. The largest absolute Gasteiger partial charge is 0.337 e. The number of amides is 1. The normalized spacial score (nSPS) is 21.1. The number of nitrogens with zero attached hydrogens (tertiary/aromatic N) is 2. The van der Waals surface area contributed by atoms with Gasteiger partial charge >= 0.3 is 0 Å². The van der Waals surface area contributed by atoms with Gasteiger partial charge in [-0.15, -0.1) is 0 Å². The van der Waals surface area contributed by atoms with Gasteiger partial charge in [-0.2, -0.15) is 0 Å². The molecule has 15 heavy (non-hydrogen) atoms. The number of pyridine rings is 1. The number of hydrogen-bond donors (Lipinski definition) is 0. The quantitative estimate of drug-likeness (QED) is 0.824. The van der Waals surface area contributed by atoms with Crippen molar-refractivity contribution in [3.05, 3.63) is 28.5 Å². The Morgan fingerprint density at radius 3 is 2.93 bits per heavy atom. The molecule has 0 spiro atoms. The van der Waals surface area contributed by atoms with Gasteiger partial charge in [-0.05, 0) is 34.0 Å². The molecule has 3 nitrogen and oxygen atoms in total. The average molecular weight is 269 g/mol. The standard InChI is InChI=1S/C11H13BrN2O/c1-8-4-11(15)14(6-8)7-10-3-2-9(12)5-13-10/h2-3,5,8H,4,6-7H2,1H3. The molecule has 0 radical (unpaired) electrons. The lowest BCUT2D eigenvalue weighted by molar-refractivity contribution is -0.128. The van der Waals surface area contributed by atoms with Crippen molar-refractivity contribution >= 4 is 21.8 Å². The molecule has 1 amide bonds. The molecule has 1 unspecified atom stereocenters. The van der Waals surface area contributed by atoms with Gasteiger partial charge < -0.3 is 4.90 Å². The minimum Gasteiger partial charge on any atom is -0.337 e. The van der Waals surface area contributed by atoms with E-state index in [1.54, 1.807) is 6.20 Å². The van der Waals surface area contributed by atoms with Crippen LogP contribution in [0.4, 0.5) is 0 Å². The van der Waals surface area contributed by atoms with Crippen molar-refractivity contribution in [3.8, 4) is 0 Å². The van der Waals surface area contributed by atoms with Crippen molar-refractivity contribution in [2.24, 2.45) is 5.92 Å². The maximum atomic E-state index is 11.5. The number of carbonyl (C=O) groups excluding carboxylic acids is 1. The fourth-order valence-electron chi connectivity index (χ4n) is 1.82. The zero-order valence-corrected chi connectivity index (χ0v) is 10.2. The molecule has 1 fully saturated rings. The molecule has 1 atom stereocenters. The van der Waals surface area contributed by atoms with Gasteiger partial charge in [0.2, 0.25) is 5.91 Å². The predicted molar refractivity (Wildman–Crippen MR) is 61.1 cm³/mol. The zero-order chi connectivity index (χ0) is 10.8. The third kappa shape index (κ3) is 2.56. The van der Waals surface area contributed by atoms with Gasteiger partial charge in [0.25, 0.3) is 0 Å². The van der Waals surface area contributed by atoms with Crippen LogP contribution in [0.1, 0.15) is 19.0 Å². The first-order chi connectivity index (χ1) is 7.15. The zero-order valence-electron chi connectivity index (χ0n) is 8.61. The number of likely N-dealkylation sites (tertiary alicyclic amines) is 1. The lowest BCUT2D eigenvalue weighted by atomic mass is 10.2. The van der Waals surface area contributed by atoms with Crippen LogP contribution in [0, 0.1) is 5.92 Å². The summed E-state index contributed by atoms with van der Waals surface area (Å²) in [6, 6.07) is 3.90. The van der Waals surface area contributed by atoms with Gasteiger partial charge in [0, 0.05) is 23.6 Å². The van der Waals surface area contributed by atoms with E-state index in [1.807, 2.05) is 17.0 Å². The summed E-state index contributed by atoms with van der Waals surface area (Å²) in [7, 11) is 0. The van der Waals surface area contributed by atoms with Gasteiger partial charge in [0.15, 0.2) is 0 Å². The highest BCUT2D eigenvalue weighted by atomic mass is 79.9. The van der Waals surface area contributed by atoms with E-state index in [0.717, 1.165) is 16.7 Å². The van der Waals surface area contributed by atoms with Gasteiger partial charge in [0.05, 0.1) is 12.2 Å². The minimum absolute atomic E-state index is 0.243. The average Bonchev–Trinajstić information content (AvgIpc) is 2.49. The minimum atomic E-state index is 0.243. The molecule has 80 valence electrons. The molecular weight excluding hydrogens is 256 g/mol. The Labute approximate surface area is 97.6 Å². The highest BCUT2D eigenvalue weighted by Gasteiger charge is 2.26. The SMILES string of the molecule is CC1CC(=O)N(Cc2ccc(Br)cn2)C1. The van der Waals surface area contributed by atoms with E-state index in [9.17, 15) is 4.79 Å². The Morgan fingerprint density at radius 1 is 1.60 bits per heavy atom. The third-order valence-corrected chi connectivity index (χ3v) is 3.02. The third-order valence-electron chi connectivity index (χ3n) is 2.55. The number of aromatic nitrogens is 1. The molecular formula is C11H13BrN2O. The summed E-state index contributed by atoms with van der Waals surface area (Å²) >= 11 is 3.34. The fourth-order valence-corrected chi connectivity index (χ4v) is 2.05. The van der Waals surface area contributed by atoms with Crippen LogP contribution in [0.15, 0.2) is 22.8 Å². The van der Waals surface area contributed by atoms with Crippen LogP contribution in [0.25, 0.3) is 0 Å². The van der Waals surface area contributed by atoms with E-state index in [-0.39, 0.29) is 5.91 Å². The van der Waals surface area contributed by atoms with Crippen LogP contribution in [0.2, 0.25) is 0 Å². The van der Waals surface area contributed by atoms with E-state index in [2.05, 4.69) is 27.8 Å². The number of halogens is 1. The van der Waals surface area contributed by atoms with E-state index >= 15 is 0 Å². The molecule has 0 aromatic carbocycles. The maximum absolute atomic E-state index is 11.5. The van der Waals surface area contributed by atoms with Crippen LogP contribution < -0.4 is 0 Å². The molecule has 2 heterocycles. The summed E-state index contributed by atoms with van der Waals surface area (Å²) in [5.74, 6) is 0.722. The Balaban J connectivity index is 2.03. The molecule has 1 aromatic rings. The van der Waals surface area contributed by atoms with Crippen molar-refractivity contribution < 1.29 is 4.79 Å². The van der Waals surface area contributed by atoms with E-state index in [0.29, 0.717) is 18.9 Å². The Kier molecular flexibility index (Phi) is 3.05. The van der Waals surface area contributed by atoms with E-state index in [1.165, 1.54) is 0 Å². The van der Waals surface area contributed by atoms with Gasteiger partial charge in [-0.25, -0.2) is 0 Å². The van der Waals surface area contributed by atoms with Crippen LogP contribution in [-0.4, -0.2) is 22.3 Å². The molecule has 0 saturated carbocycles. The first-order valence-corrected chi connectivity index (χ1v) is 5.82. The predicted octanol–water partition coefficient (Wildman–Crippen LogP) is 2.21. The second-order valence-electron chi connectivity index (χ2n) is 4.05. The van der Waals surface area contributed by atoms with E-state index in [4.69, 9.17) is 0 Å². The summed E-state index contributed by atoms with van der Waals surface area (Å²) in [4.78, 5) is 17.7. The fraction of sp³-hybridized carbons (Fsp3) is 0.455. The second-order valence-corrected chi connectivity index (χ2v) is 4.97. The first-order valence-electron chi connectivity index (χ1n) is 5.03. The van der Waals surface area contributed by atoms with Crippen LogP contribution in [0.3, 0.4) is 0 Å². The molecule has 1 aliphatic rings. The number of rotatable bonds is 2. The highest BCUT2D eigenvalue weighted by Crippen LogP contribution is 2.19. The summed E-state index contributed by atoms with van der Waals surface area (Å²) < 4.78 is 0.965. The summed E-state index contributed by atoms with van der Waals surface area (Å²) in [6.07, 6.45) is 2.44. The highest BCUT2D eigenvalue weighted by molar-refractivity contribution is 9.10. The number of hydrogen-bond acceptors (Lipinski definition) is 2. The lowest BCUT2D eigenvalue weighted by Crippen LogP contribution is -2.24. The summed E-state index contributed by atoms with van der Waals surface area (Å²) in [5, 5.41) is 0. The molecule has 2 rings (SSSR count). The molecule has 0 N–H and O–H groups in total.